The third-order valence-electron chi connectivity index (χ3n) is 16.3. The maximum atomic E-state index is 12.9. The molecule has 6 heteroatoms. The molecular weight excluding hydrogens is 1010 g/mol. The van der Waals surface area contributed by atoms with E-state index in [9.17, 15) is 14.4 Å². The van der Waals surface area contributed by atoms with Crippen molar-refractivity contribution in [3.63, 3.8) is 0 Å². The van der Waals surface area contributed by atoms with Gasteiger partial charge in [0.1, 0.15) is 13.2 Å². The number of allylic oxidation sites excluding steroid dienone is 10. The highest BCUT2D eigenvalue weighted by Crippen LogP contribution is 2.19. The zero-order chi connectivity index (χ0) is 59.2. The van der Waals surface area contributed by atoms with Crippen LogP contribution in [0.2, 0.25) is 0 Å². The molecule has 478 valence electrons. The maximum absolute atomic E-state index is 12.9. The number of esters is 3. The normalized spacial score (nSPS) is 12.4. The van der Waals surface area contributed by atoms with E-state index in [1.807, 2.05) is 0 Å². The van der Waals surface area contributed by atoms with E-state index >= 15 is 0 Å². The molecule has 0 fully saturated rings. The molecule has 0 N–H and O–H groups in total. The Morgan fingerprint density at radius 2 is 0.476 bits per heavy atom. The van der Waals surface area contributed by atoms with Gasteiger partial charge in [0.25, 0.3) is 0 Å². The van der Waals surface area contributed by atoms with E-state index in [0.29, 0.717) is 19.3 Å². The molecule has 0 rings (SSSR count). The highest BCUT2D eigenvalue weighted by atomic mass is 16.6. The molecule has 1 unspecified atom stereocenters. The largest absolute Gasteiger partial charge is 0.462 e. The molecule has 0 bridgehead atoms. The minimum atomic E-state index is -0.767. The molecular formula is C76H138O6. The van der Waals surface area contributed by atoms with Gasteiger partial charge in [-0.3, -0.25) is 14.4 Å². The number of unbranched alkanes of at least 4 members (excludes halogenated alkanes) is 46. The van der Waals surface area contributed by atoms with Gasteiger partial charge in [-0.1, -0.05) is 364 Å². The van der Waals surface area contributed by atoms with Crippen molar-refractivity contribution in [2.45, 2.75) is 393 Å². The van der Waals surface area contributed by atoms with Crippen LogP contribution in [0.4, 0.5) is 0 Å². The molecule has 0 aliphatic heterocycles. The summed E-state index contributed by atoms with van der Waals surface area (Å²) in [6.45, 7) is 6.55. The number of hydrogen-bond donors (Lipinski definition) is 0. The van der Waals surface area contributed by atoms with E-state index in [1.165, 1.54) is 257 Å². The number of hydrogen-bond acceptors (Lipinski definition) is 6. The second kappa shape index (κ2) is 70.6. The van der Waals surface area contributed by atoms with Gasteiger partial charge in [0, 0.05) is 19.3 Å². The van der Waals surface area contributed by atoms with E-state index in [1.54, 1.807) is 0 Å². The minimum Gasteiger partial charge on any atom is -0.462 e. The first-order chi connectivity index (χ1) is 40.5. The fourth-order valence-electron chi connectivity index (χ4n) is 10.9. The zero-order valence-electron chi connectivity index (χ0n) is 55.0. The van der Waals surface area contributed by atoms with Crippen molar-refractivity contribution in [1.82, 2.24) is 0 Å². The Morgan fingerprint density at radius 3 is 0.744 bits per heavy atom. The molecule has 0 aromatic rings. The van der Waals surface area contributed by atoms with Crippen molar-refractivity contribution in [3.05, 3.63) is 60.8 Å². The Morgan fingerprint density at radius 1 is 0.256 bits per heavy atom. The summed E-state index contributed by atoms with van der Waals surface area (Å²) in [6, 6.07) is 0. The van der Waals surface area contributed by atoms with Crippen LogP contribution in [-0.2, 0) is 28.6 Å². The van der Waals surface area contributed by atoms with E-state index in [2.05, 4.69) is 81.5 Å². The van der Waals surface area contributed by atoms with Crippen LogP contribution < -0.4 is 0 Å². The van der Waals surface area contributed by atoms with Crippen molar-refractivity contribution in [2.24, 2.45) is 0 Å². The molecule has 0 amide bonds. The highest BCUT2D eigenvalue weighted by molar-refractivity contribution is 5.71. The van der Waals surface area contributed by atoms with Gasteiger partial charge in [0.05, 0.1) is 0 Å². The van der Waals surface area contributed by atoms with Crippen LogP contribution in [0.15, 0.2) is 60.8 Å². The summed E-state index contributed by atoms with van der Waals surface area (Å²) in [6.07, 6.45) is 91.5. The van der Waals surface area contributed by atoms with E-state index < -0.39 is 6.10 Å². The van der Waals surface area contributed by atoms with Crippen LogP contribution in [0.5, 0.6) is 0 Å². The fourth-order valence-corrected chi connectivity index (χ4v) is 10.9. The average Bonchev–Trinajstić information content (AvgIpc) is 3.48. The molecule has 0 aromatic heterocycles. The maximum Gasteiger partial charge on any atom is 0.306 e. The monoisotopic (exact) mass is 1150 g/mol. The number of carbonyl (C=O) groups is 3. The van der Waals surface area contributed by atoms with Gasteiger partial charge >= 0.3 is 17.9 Å². The molecule has 0 aliphatic carbocycles. The Kier molecular flexibility index (Phi) is 68.1. The lowest BCUT2D eigenvalue weighted by Crippen LogP contribution is -2.30. The molecule has 0 aliphatic rings. The molecule has 0 spiro atoms. The predicted molar refractivity (Wildman–Crippen MR) is 358 cm³/mol. The van der Waals surface area contributed by atoms with Crippen LogP contribution in [0.25, 0.3) is 0 Å². The Hall–Kier alpha value is -2.89. The first-order valence-corrected chi connectivity index (χ1v) is 36.3. The van der Waals surface area contributed by atoms with E-state index in [0.717, 1.165) is 89.9 Å². The van der Waals surface area contributed by atoms with Crippen molar-refractivity contribution in [2.75, 3.05) is 13.2 Å². The summed E-state index contributed by atoms with van der Waals surface area (Å²) in [5, 5.41) is 0. The average molecular weight is 1150 g/mol. The quantitative estimate of drug-likeness (QED) is 0.0261. The summed E-state index contributed by atoms with van der Waals surface area (Å²) in [5.74, 6) is -0.846. The molecule has 0 saturated heterocycles. The van der Waals surface area contributed by atoms with Gasteiger partial charge in [-0.25, -0.2) is 0 Å². The van der Waals surface area contributed by atoms with Crippen molar-refractivity contribution in [3.8, 4) is 0 Å². The molecule has 0 aromatic carbocycles. The third-order valence-corrected chi connectivity index (χ3v) is 16.3. The topological polar surface area (TPSA) is 78.9 Å². The van der Waals surface area contributed by atoms with Gasteiger partial charge in [-0.2, -0.15) is 0 Å². The standard InChI is InChI=1S/C76H138O6/c1-4-7-10-13-16-18-20-22-24-26-28-30-32-33-34-35-36-37-38-39-40-41-42-43-44-46-47-49-51-53-55-57-60-63-66-69-75(78)81-72-73(71-80-74(77)68-65-62-59-15-12-9-6-3)82-76(79)70-67-64-61-58-56-54-52-50-48-45-31-29-27-25-23-21-19-17-14-11-8-5-2/h7,10,16,18,22,24,28,30,33-34,73H,4-6,8-9,11-15,17,19-21,23,25-27,29,31-32,35-72H2,1-3H3/b10-7-,18-16-,24-22-,30-28-,34-33-. The van der Waals surface area contributed by atoms with Gasteiger partial charge in [0.15, 0.2) is 6.10 Å². The molecule has 1 atom stereocenters. The fraction of sp³-hybridized carbons (Fsp3) is 0.829. The molecule has 6 nitrogen and oxygen atoms in total. The summed E-state index contributed by atoms with van der Waals surface area (Å²) < 4.78 is 16.9. The number of carbonyl (C=O) groups excluding carboxylic acids is 3. The van der Waals surface area contributed by atoms with Crippen molar-refractivity contribution < 1.29 is 28.6 Å². The van der Waals surface area contributed by atoms with E-state index in [4.69, 9.17) is 14.2 Å². The Labute approximate surface area is 510 Å². The molecule has 0 radical (unpaired) electrons. The van der Waals surface area contributed by atoms with Gasteiger partial charge < -0.3 is 14.2 Å². The highest BCUT2D eigenvalue weighted by Gasteiger charge is 2.19. The van der Waals surface area contributed by atoms with Crippen LogP contribution in [0, 0.1) is 0 Å². The molecule has 0 heterocycles. The van der Waals surface area contributed by atoms with Gasteiger partial charge in [-0.15, -0.1) is 0 Å². The third kappa shape index (κ3) is 67.9. The zero-order valence-corrected chi connectivity index (χ0v) is 55.0. The molecule has 0 saturated carbocycles. The first-order valence-electron chi connectivity index (χ1n) is 36.3. The number of rotatable bonds is 67. The van der Waals surface area contributed by atoms with E-state index in [-0.39, 0.29) is 31.1 Å². The summed E-state index contributed by atoms with van der Waals surface area (Å²) >= 11 is 0. The van der Waals surface area contributed by atoms with Crippen molar-refractivity contribution in [1.29, 1.82) is 0 Å². The lowest BCUT2D eigenvalue weighted by Gasteiger charge is -2.18. The SMILES string of the molecule is CC/C=C\C/C=C\C/C=C\C/C=C\C/C=C\CCCCCCCCCCCCCCCCCCCCCC(=O)OCC(COC(=O)CCCCCCCCC)OC(=O)CCCCCCCCCCCCCCCCCCCCCCCC. The molecule has 82 heavy (non-hydrogen) atoms. The Balaban J connectivity index is 3.97. The smallest absolute Gasteiger partial charge is 0.306 e. The predicted octanol–water partition coefficient (Wildman–Crippen LogP) is 25.1. The van der Waals surface area contributed by atoms with Gasteiger partial charge in [0.2, 0.25) is 0 Å². The van der Waals surface area contributed by atoms with Crippen LogP contribution in [0.3, 0.4) is 0 Å². The minimum absolute atomic E-state index is 0.0665. The lowest BCUT2D eigenvalue weighted by molar-refractivity contribution is -0.167. The summed E-state index contributed by atoms with van der Waals surface area (Å²) in [5.41, 5.74) is 0. The first kappa shape index (κ1) is 79.1. The van der Waals surface area contributed by atoms with Crippen LogP contribution >= 0.6 is 0 Å². The lowest BCUT2D eigenvalue weighted by atomic mass is 10.0. The Bertz CT molecular complexity index is 1460. The van der Waals surface area contributed by atoms with Crippen LogP contribution in [-0.4, -0.2) is 37.2 Å². The second-order valence-corrected chi connectivity index (χ2v) is 24.5. The van der Waals surface area contributed by atoms with Gasteiger partial charge in [-0.05, 0) is 64.2 Å². The summed E-state index contributed by atoms with van der Waals surface area (Å²) in [4.78, 5) is 38.2. The van der Waals surface area contributed by atoms with Crippen LogP contribution in [0.1, 0.15) is 387 Å². The second-order valence-electron chi connectivity index (χ2n) is 24.5. The number of ether oxygens (including phenoxy) is 3. The van der Waals surface area contributed by atoms with Crippen molar-refractivity contribution >= 4 is 17.9 Å². The summed E-state index contributed by atoms with van der Waals surface area (Å²) in [7, 11) is 0.